The molecule has 0 bridgehead atoms. The van der Waals surface area contributed by atoms with E-state index in [-0.39, 0.29) is 5.91 Å². The molecule has 0 fully saturated rings. The van der Waals surface area contributed by atoms with E-state index in [9.17, 15) is 4.79 Å². The second-order valence-corrected chi connectivity index (χ2v) is 8.29. The van der Waals surface area contributed by atoms with Crippen molar-refractivity contribution in [3.8, 4) is 0 Å². The molecule has 1 aromatic heterocycles. The molecular formula is C19H19BrN4O2S. The number of amidine groups is 1. The molecule has 3 heterocycles. The number of carbonyl (C=O) groups is 1. The molecule has 140 valence electrons. The lowest BCUT2D eigenvalue weighted by molar-refractivity contribution is -0.116. The Morgan fingerprint density at radius 3 is 3.00 bits per heavy atom. The van der Waals surface area contributed by atoms with Crippen molar-refractivity contribution in [1.82, 2.24) is 10.3 Å². The van der Waals surface area contributed by atoms with Crippen LogP contribution in [0.3, 0.4) is 0 Å². The van der Waals surface area contributed by atoms with Gasteiger partial charge in [0.25, 0.3) is 5.91 Å². The number of nitrogens with one attached hydrogen (secondary N) is 1. The number of hydrazone groups is 1. The van der Waals surface area contributed by atoms with Crippen molar-refractivity contribution in [1.29, 1.82) is 0 Å². The van der Waals surface area contributed by atoms with Crippen molar-refractivity contribution in [2.24, 2.45) is 10.1 Å². The Morgan fingerprint density at radius 2 is 2.22 bits per heavy atom. The number of rotatable bonds is 5. The maximum Gasteiger partial charge on any atom is 0.276 e. The molecule has 2 aliphatic rings. The van der Waals surface area contributed by atoms with Crippen molar-refractivity contribution in [2.45, 2.75) is 32.4 Å². The lowest BCUT2D eigenvalue weighted by atomic mass is 10.1. The smallest absolute Gasteiger partial charge is 0.276 e. The van der Waals surface area contributed by atoms with Crippen molar-refractivity contribution in [3.05, 3.63) is 57.4 Å². The van der Waals surface area contributed by atoms with Crippen LogP contribution < -0.4 is 15.9 Å². The van der Waals surface area contributed by atoms with Gasteiger partial charge in [0.05, 0.1) is 11.6 Å². The molecule has 0 aliphatic carbocycles. The third kappa shape index (κ3) is 3.68. The van der Waals surface area contributed by atoms with E-state index in [1.807, 2.05) is 30.3 Å². The zero-order valence-electron chi connectivity index (χ0n) is 14.8. The molecule has 0 saturated carbocycles. The summed E-state index contributed by atoms with van der Waals surface area (Å²) in [4.78, 5) is 17.7. The van der Waals surface area contributed by atoms with Gasteiger partial charge in [0, 0.05) is 15.4 Å². The predicted molar refractivity (Wildman–Crippen MR) is 109 cm³/mol. The highest BCUT2D eigenvalue weighted by Gasteiger charge is 2.35. The van der Waals surface area contributed by atoms with Gasteiger partial charge in [-0.15, -0.1) is 5.10 Å². The summed E-state index contributed by atoms with van der Waals surface area (Å²) >= 11 is 5.04. The van der Waals surface area contributed by atoms with Gasteiger partial charge in [0.2, 0.25) is 6.17 Å². The SMILES string of the molecule is CCCCCSC1=NN2C(=c3cc(Br)ccc3=N[C@H]2c2ccco2)C(=O)N1. The van der Waals surface area contributed by atoms with E-state index >= 15 is 0 Å². The number of nitrogens with zero attached hydrogens (tertiary/aromatic N) is 3. The molecule has 1 atom stereocenters. The number of carbonyl (C=O) groups excluding carboxylic acids is 1. The Balaban J connectivity index is 1.78. The standard InChI is InChI=1S/C19H19BrN4O2S/c1-2-3-4-10-27-19-22-18(25)16-13-11-12(20)7-8-14(13)21-17(24(16)23-19)15-6-5-9-26-15/h5-9,11,17H,2-4,10H2,1H3,(H,22,23,25)/t17-/m1/s1. The zero-order valence-corrected chi connectivity index (χ0v) is 17.2. The van der Waals surface area contributed by atoms with Crippen molar-refractivity contribution < 1.29 is 9.21 Å². The van der Waals surface area contributed by atoms with Crippen LogP contribution >= 0.6 is 27.7 Å². The molecule has 6 nitrogen and oxygen atoms in total. The van der Waals surface area contributed by atoms with Crippen LogP contribution in [0.4, 0.5) is 0 Å². The summed E-state index contributed by atoms with van der Waals surface area (Å²) in [5.41, 5.74) is 0.487. The summed E-state index contributed by atoms with van der Waals surface area (Å²) in [6, 6.07) is 9.37. The van der Waals surface area contributed by atoms with Crippen LogP contribution in [-0.4, -0.2) is 21.8 Å². The van der Waals surface area contributed by atoms with Gasteiger partial charge < -0.3 is 4.42 Å². The Labute approximate surface area is 169 Å². The average molecular weight is 447 g/mol. The summed E-state index contributed by atoms with van der Waals surface area (Å²) in [7, 11) is 0. The van der Waals surface area contributed by atoms with Gasteiger partial charge in [-0.3, -0.25) is 10.1 Å². The Bertz CT molecular complexity index is 1000. The quantitative estimate of drug-likeness (QED) is 0.716. The van der Waals surface area contributed by atoms with Crippen LogP contribution in [0, 0.1) is 0 Å². The van der Waals surface area contributed by atoms with E-state index in [0.29, 0.717) is 16.6 Å². The van der Waals surface area contributed by atoms with E-state index in [2.05, 4.69) is 28.2 Å². The highest BCUT2D eigenvalue weighted by molar-refractivity contribution is 9.10. The molecule has 27 heavy (non-hydrogen) atoms. The lowest BCUT2D eigenvalue weighted by Crippen LogP contribution is -2.50. The Morgan fingerprint density at radius 1 is 1.33 bits per heavy atom. The minimum Gasteiger partial charge on any atom is -0.465 e. The maximum atomic E-state index is 12.9. The number of halogens is 1. The number of thioether (sulfide) groups is 1. The minimum absolute atomic E-state index is 0.172. The first-order chi connectivity index (χ1) is 13.2. The molecule has 1 aromatic carbocycles. The average Bonchev–Trinajstić information content (AvgIpc) is 3.19. The molecule has 0 saturated heterocycles. The lowest BCUT2D eigenvalue weighted by Gasteiger charge is -2.32. The first kappa shape index (κ1) is 18.3. The van der Waals surface area contributed by atoms with Gasteiger partial charge >= 0.3 is 0 Å². The molecule has 0 radical (unpaired) electrons. The van der Waals surface area contributed by atoms with Crippen molar-refractivity contribution >= 4 is 44.5 Å². The second kappa shape index (κ2) is 7.90. The van der Waals surface area contributed by atoms with Gasteiger partial charge in [-0.2, -0.15) is 0 Å². The summed E-state index contributed by atoms with van der Waals surface area (Å²) < 4.78 is 6.46. The molecule has 1 N–H and O–H groups in total. The minimum atomic E-state index is -0.499. The van der Waals surface area contributed by atoms with Crippen molar-refractivity contribution in [2.75, 3.05) is 5.75 Å². The number of amides is 1. The molecule has 0 spiro atoms. The summed E-state index contributed by atoms with van der Waals surface area (Å²) in [5.74, 6) is 1.39. The van der Waals surface area contributed by atoms with Gasteiger partial charge in [-0.25, -0.2) is 10.0 Å². The first-order valence-electron chi connectivity index (χ1n) is 8.90. The van der Waals surface area contributed by atoms with Gasteiger partial charge in [-0.1, -0.05) is 47.5 Å². The normalized spacial score (nSPS) is 18.4. The Kier molecular flexibility index (Phi) is 5.36. The van der Waals surface area contributed by atoms with E-state index < -0.39 is 6.17 Å². The molecule has 0 unspecified atom stereocenters. The van der Waals surface area contributed by atoms with E-state index in [1.54, 1.807) is 23.0 Å². The van der Waals surface area contributed by atoms with Gasteiger partial charge in [0.1, 0.15) is 11.5 Å². The highest BCUT2D eigenvalue weighted by atomic mass is 79.9. The predicted octanol–water partition coefficient (Wildman–Crippen LogP) is 3.11. The fourth-order valence-electron chi connectivity index (χ4n) is 3.06. The highest BCUT2D eigenvalue weighted by Crippen LogP contribution is 2.31. The molecule has 1 amide bonds. The molecule has 8 heteroatoms. The van der Waals surface area contributed by atoms with E-state index in [0.717, 1.165) is 33.6 Å². The molecular weight excluding hydrogens is 428 g/mol. The van der Waals surface area contributed by atoms with E-state index in [1.165, 1.54) is 6.42 Å². The fourth-order valence-corrected chi connectivity index (χ4v) is 4.27. The molecule has 2 aromatic rings. The van der Waals surface area contributed by atoms with Crippen molar-refractivity contribution in [3.63, 3.8) is 0 Å². The number of hydrogen-bond donors (Lipinski definition) is 1. The molecule has 2 aliphatic heterocycles. The van der Waals surface area contributed by atoms with Gasteiger partial charge in [0.15, 0.2) is 5.17 Å². The third-order valence-corrected chi connectivity index (χ3v) is 5.80. The maximum absolute atomic E-state index is 12.9. The zero-order chi connectivity index (χ0) is 18.8. The number of benzene rings is 1. The van der Waals surface area contributed by atoms with E-state index in [4.69, 9.17) is 14.5 Å². The number of hydrogen-bond acceptors (Lipinski definition) is 6. The number of furan rings is 1. The van der Waals surface area contributed by atoms with Crippen LogP contribution in [0.1, 0.15) is 38.1 Å². The van der Waals surface area contributed by atoms with Crippen LogP contribution in [0.2, 0.25) is 0 Å². The number of fused-ring (bicyclic) bond motifs is 2. The van der Waals surface area contributed by atoms with Crippen LogP contribution in [-0.2, 0) is 4.79 Å². The van der Waals surface area contributed by atoms with Crippen LogP contribution in [0.5, 0.6) is 0 Å². The fraction of sp³-hybridized carbons (Fsp3) is 0.316. The first-order valence-corrected chi connectivity index (χ1v) is 10.7. The summed E-state index contributed by atoms with van der Waals surface area (Å²) in [6.45, 7) is 2.17. The topological polar surface area (TPSA) is 70.2 Å². The second-order valence-electron chi connectivity index (χ2n) is 6.29. The summed E-state index contributed by atoms with van der Waals surface area (Å²) in [5, 5.41) is 11.4. The number of unbranched alkanes of at least 4 members (excludes halogenated alkanes) is 2. The monoisotopic (exact) mass is 446 g/mol. The van der Waals surface area contributed by atoms with Crippen LogP contribution in [0.15, 0.2) is 55.6 Å². The van der Waals surface area contributed by atoms with Gasteiger partial charge in [-0.05, 0) is 36.8 Å². The molecule has 4 rings (SSSR count). The van der Waals surface area contributed by atoms with Crippen LogP contribution in [0.25, 0.3) is 5.70 Å². The third-order valence-electron chi connectivity index (χ3n) is 4.35. The Hall–Kier alpha value is -2.06. The largest absolute Gasteiger partial charge is 0.465 e. The summed E-state index contributed by atoms with van der Waals surface area (Å²) in [6.07, 6.45) is 4.53.